The van der Waals surface area contributed by atoms with Gasteiger partial charge in [0.2, 0.25) is 11.8 Å². The molecule has 4 nitrogen and oxygen atoms in total. The molecule has 2 atom stereocenters. The first kappa shape index (κ1) is 11.0. The fourth-order valence-corrected chi connectivity index (χ4v) is 1.73. The van der Waals surface area contributed by atoms with E-state index in [1.54, 1.807) is 11.8 Å². The number of piperazine rings is 1. The van der Waals surface area contributed by atoms with Crippen LogP contribution in [0.1, 0.15) is 27.7 Å². The highest BCUT2D eigenvalue weighted by molar-refractivity contribution is 5.96. The summed E-state index contributed by atoms with van der Waals surface area (Å²) in [5.41, 5.74) is 0. The lowest BCUT2D eigenvalue weighted by Crippen LogP contribution is -2.63. The molecule has 1 saturated heterocycles. The van der Waals surface area contributed by atoms with Crippen LogP contribution in [0.15, 0.2) is 0 Å². The summed E-state index contributed by atoms with van der Waals surface area (Å²) in [6.45, 7) is 8.12. The molecule has 0 aliphatic carbocycles. The van der Waals surface area contributed by atoms with Crippen molar-refractivity contribution >= 4 is 11.8 Å². The molecule has 1 N–H and O–H groups in total. The second-order valence-electron chi connectivity index (χ2n) is 4.03. The summed E-state index contributed by atoms with van der Waals surface area (Å²) >= 11 is 0. The van der Waals surface area contributed by atoms with E-state index in [1.807, 2.05) is 20.8 Å². The fourth-order valence-electron chi connectivity index (χ4n) is 1.73. The van der Waals surface area contributed by atoms with Gasteiger partial charge in [0.1, 0.15) is 12.1 Å². The van der Waals surface area contributed by atoms with Gasteiger partial charge in [-0.2, -0.15) is 0 Å². The van der Waals surface area contributed by atoms with Gasteiger partial charge in [0.25, 0.3) is 0 Å². The number of nitrogens with zero attached hydrogens (tertiary/aromatic N) is 1. The van der Waals surface area contributed by atoms with Crippen LogP contribution >= 0.6 is 0 Å². The van der Waals surface area contributed by atoms with Crippen LogP contribution in [0.4, 0.5) is 0 Å². The second-order valence-corrected chi connectivity index (χ2v) is 4.03. The van der Waals surface area contributed by atoms with Crippen molar-refractivity contribution in [2.24, 2.45) is 5.92 Å². The number of nitrogens with one attached hydrogen (secondary N) is 1. The summed E-state index contributed by atoms with van der Waals surface area (Å²) in [6, 6.07) is -0.679. The van der Waals surface area contributed by atoms with Crippen LogP contribution in [-0.2, 0) is 9.59 Å². The van der Waals surface area contributed by atoms with Crippen molar-refractivity contribution in [1.29, 1.82) is 0 Å². The average Bonchev–Trinajstić information content (AvgIpc) is 2.12. The average molecular weight is 198 g/mol. The van der Waals surface area contributed by atoms with Crippen molar-refractivity contribution in [3.05, 3.63) is 0 Å². The molecule has 80 valence electrons. The molecule has 0 spiro atoms. The summed E-state index contributed by atoms with van der Waals surface area (Å²) in [7, 11) is 0. The smallest absolute Gasteiger partial charge is 0.246 e. The molecular weight excluding hydrogens is 180 g/mol. The highest BCUT2D eigenvalue weighted by atomic mass is 16.2. The molecule has 0 aromatic carbocycles. The lowest BCUT2D eigenvalue weighted by molar-refractivity contribution is -0.149. The number of carbonyl (C=O) groups excluding carboxylic acids is 2. The van der Waals surface area contributed by atoms with E-state index in [4.69, 9.17) is 0 Å². The molecule has 0 radical (unpaired) electrons. The van der Waals surface area contributed by atoms with E-state index >= 15 is 0 Å². The van der Waals surface area contributed by atoms with Gasteiger partial charge in [-0.3, -0.25) is 9.59 Å². The molecule has 1 aliphatic heterocycles. The van der Waals surface area contributed by atoms with Crippen LogP contribution in [0.5, 0.6) is 0 Å². The predicted molar refractivity (Wildman–Crippen MR) is 53.6 cm³/mol. The number of rotatable bonds is 2. The number of amides is 2. The predicted octanol–water partition coefficient (Wildman–Crippen LogP) is 0.378. The maximum Gasteiger partial charge on any atom is 0.246 e. The zero-order chi connectivity index (χ0) is 10.9. The topological polar surface area (TPSA) is 49.4 Å². The van der Waals surface area contributed by atoms with Crippen molar-refractivity contribution in [3.63, 3.8) is 0 Å². The van der Waals surface area contributed by atoms with Crippen LogP contribution in [0.2, 0.25) is 0 Å². The third-order valence-corrected chi connectivity index (χ3v) is 2.70. The molecule has 2 amide bonds. The minimum atomic E-state index is -0.348. The standard InChI is InChI=1S/C10H18N2O2/c1-5-12-7(4)9(13)11-8(6(2)3)10(12)14/h6-8H,5H2,1-4H3,(H,11,13). The summed E-state index contributed by atoms with van der Waals surface area (Å²) < 4.78 is 0. The summed E-state index contributed by atoms with van der Waals surface area (Å²) in [5.74, 6) is 0.132. The van der Waals surface area contributed by atoms with Crippen molar-refractivity contribution in [3.8, 4) is 0 Å². The van der Waals surface area contributed by atoms with Crippen LogP contribution in [0.25, 0.3) is 0 Å². The van der Waals surface area contributed by atoms with Gasteiger partial charge in [-0.1, -0.05) is 13.8 Å². The Morgan fingerprint density at radius 2 is 2.00 bits per heavy atom. The first-order valence-corrected chi connectivity index (χ1v) is 5.09. The zero-order valence-electron chi connectivity index (χ0n) is 9.20. The molecule has 14 heavy (non-hydrogen) atoms. The van der Waals surface area contributed by atoms with Gasteiger partial charge in [0.15, 0.2) is 0 Å². The van der Waals surface area contributed by atoms with Crippen molar-refractivity contribution in [2.45, 2.75) is 39.8 Å². The maximum absolute atomic E-state index is 11.9. The van der Waals surface area contributed by atoms with Gasteiger partial charge in [0.05, 0.1) is 0 Å². The van der Waals surface area contributed by atoms with Crippen LogP contribution in [0.3, 0.4) is 0 Å². The lowest BCUT2D eigenvalue weighted by atomic mass is 9.98. The van der Waals surface area contributed by atoms with Gasteiger partial charge in [-0.05, 0) is 19.8 Å². The lowest BCUT2D eigenvalue weighted by Gasteiger charge is -2.38. The minimum Gasteiger partial charge on any atom is -0.342 e. The largest absolute Gasteiger partial charge is 0.342 e. The molecular formula is C10H18N2O2. The summed E-state index contributed by atoms with van der Waals surface area (Å²) in [4.78, 5) is 25.0. The Balaban J connectivity index is 2.86. The van der Waals surface area contributed by atoms with Gasteiger partial charge in [0, 0.05) is 6.54 Å². The van der Waals surface area contributed by atoms with Gasteiger partial charge < -0.3 is 10.2 Å². The Bertz CT molecular complexity index is 247. The SMILES string of the molecule is CCN1C(=O)C(C(C)C)NC(=O)C1C. The third kappa shape index (κ3) is 1.74. The molecule has 0 aromatic rings. The Hall–Kier alpha value is -1.06. The monoisotopic (exact) mass is 198 g/mol. The highest BCUT2D eigenvalue weighted by Gasteiger charge is 2.38. The molecule has 0 saturated carbocycles. The molecule has 0 aromatic heterocycles. The van der Waals surface area contributed by atoms with E-state index in [-0.39, 0.29) is 29.8 Å². The van der Waals surface area contributed by atoms with E-state index in [9.17, 15) is 9.59 Å². The number of hydrogen-bond acceptors (Lipinski definition) is 2. The van der Waals surface area contributed by atoms with Crippen molar-refractivity contribution in [1.82, 2.24) is 10.2 Å². The Morgan fingerprint density at radius 1 is 1.43 bits per heavy atom. The van der Waals surface area contributed by atoms with E-state index < -0.39 is 0 Å². The quantitative estimate of drug-likeness (QED) is 0.697. The molecule has 1 rings (SSSR count). The first-order valence-electron chi connectivity index (χ1n) is 5.09. The van der Waals surface area contributed by atoms with Crippen molar-refractivity contribution in [2.75, 3.05) is 6.54 Å². The second kappa shape index (κ2) is 3.98. The van der Waals surface area contributed by atoms with E-state index in [0.29, 0.717) is 6.54 Å². The number of carbonyl (C=O) groups is 2. The summed E-state index contributed by atoms with van der Waals surface area (Å²) in [6.07, 6.45) is 0. The molecule has 2 unspecified atom stereocenters. The zero-order valence-corrected chi connectivity index (χ0v) is 9.20. The van der Waals surface area contributed by atoms with E-state index in [0.717, 1.165) is 0 Å². The van der Waals surface area contributed by atoms with Gasteiger partial charge in [-0.15, -0.1) is 0 Å². The Kier molecular flexibility index (Phi) is 3.13. The number of hydrogen-bond donors (Lipinski definition) is 1. The van der Waals surface area contributed by atoms with Crippen LogP contribution in [-0.4, -0.2) is 35.3 Å². The molecule has 1 aliphatic rings. The van der Waals surface area contributed by atoms with Gasteiger partial charge >= 0.3 is 0 Å². The Labute approximate surface area is 84.7 Å². The fraction of sp³-hybridized carbons (Fsp3) is 0.800. The number of likely N-dealkylation sites (N-methyl/N-ethyl adjacent to an activating group) is 1. The normalized spacial score (nSPS) is 28.2. The molecule has 0 bridgehead atoms. The van der Waals surface area contributed by atoms with E-state index in [2.05, 4.69) is 5.32 Å². The maximum atomic E-state index is 11.9. The van der Waals surface area contributed by atoms with Crippen molar-refractivity contribution < 1.29 is 9.59 Å². The Morgan fingerprint density at radius 3 is 2.43 bits per heavy atom. The molecule has 4 heteroatoms. The van der Waals surface area contributed by atoms with E-state index in [1.165, 1.54) is 0 Å². The third-order valence-electron chi connectivity index (χ3n) is 2.70. The first-order chi connectivity index (χ1) is 6.49. The highest BCUT2D eigenvalue weighted by Crippen LogP contribution is 2.14. The summed E-state index contributed by atoms with van der Waals surface area (Å²) in [5, 5.41) is 2.75. The minimum absolute atomic E-state index is 0.0367. The van der Waals surface area contributed by atoms with Crippen LogP contribution < -0.4 is 5.32 Å². The molecule has 1 heterocycles. The van der Waals surface area contributed by atoms with Gasteiger partial charge in [-0.25, -0.2) is 0 Å². The van der Waals surface area contributed by atoms with Crippen LogP contribution in [0, 0.1) is 5.92 Å². The molecule has 1 fully saturated rings.